The van der Waals surface area contributed by atoms with E-state index in [-0.39, 0.29) is 0 Å². The van der Waals surface area contributed by atoms with Crippen LogP contribution in [0, 0.1) is 5.92 Å². The van der Waals surface area contributed by atoms with Crippen molar-refractivity contribution in [3.8, 4) is 0 Å². The summed E-state index contributed by atoms with van der Waals surface area (Å²) in [5, 5.41) is 0. The Morgan fingerprint density at radius 1 is 1.26 bits per heavy atom. The molecule has 2 aromatic heterocycles. The average Bonchev–Trinajstić information content (AvgIpc) is 2.93. The second-order valence-electron chi connectivity index (χ2n) is 5.30. The number of imidazole rings is 1. The largest absolute Gasteiger partial charge is 0.348 e. The standard InChI is InChI=1S/C15H20N4/c1-2-6-16-14(5-1)10-13-4-3-9-19(11-13)12-15-17-7-8-18-15/h1-2,5-8,13H,3-4,9-12H2,(H,17,18). The number of nitrogens with zero attached hydrogens (tertiary/aromatic N) is 3. The van der Waals surface area contributed by atoms with E-state index < -0.39 is 0 Å². The Labute approximate surface area is 113 Å². The lowest BCUT2D eigenvalue weighted by molar-refractivity contribution is 0.163. The Hall–Kier alpha value is -1.68. The van der Waals surface area contributed by atoms with E-state index in [2.05, 4.69) is 32.0 Å². The maximum absolute atomic E-state index is 4.44. The molecule has 0 aliphatic carbocycles. The van der Waals surface area contributed by atoms with Crippen molar-refractivity contribution in [2.45, 2.75) is 25.8 Å². The molecule has 2 aromatic rings. The van der Waals surface area contributed by atoms with Crippen molar-refractivity contribution in [1.82, 2.24) is 19.9 Å². The quantitative estimate of drug-likeness (QED) is 0.912. The zero-order valence-corrected chi connectivity index (χ0v) is 11.1. The summed E-state index contributed by atoms with van der Waals surface area (Å²) < 4.78 is 0. The van der Waals surface area contributed by atoms with Gasteiger partial charge in [0.05, 0.1) is 6.54 Å². The van der Waals surface area contributed by atoms with Gasteiger partial charge in [-0.05, 0) is 43.9 Å². The Kier molecular flexibility index (Phi) is 3.89. The molecule has 1 saturated heterocycles. The van der Waals surface area contributed by atoms with Gasteiger partial charge in [-0.3, -0.25) is 9.88 Å². The van der Waals surface area contributed by atoms with Crippen LogP contribution in [-0.2, 0) is 13.0 Å². The number of likely N-dealkylation sites (tertiary alicyclic amines) is 1. The lowest BCUT2D eigenvalue weighted by Gasteiger charge is -2.32. The summed E-state index contributed by atoms with van der Waals surface area (Å²) in [7, 11) is 0. The van der Waals surface area contributed by atoms with E-state index in [0.29, 0.717) is 0 Å². The minimum atomic E-state index is 0.721. The first kappa shape index (κ1) is 12.4. The molecule has 3 heterocycles. The van der Waals surface area contributed by atoms with Gasteiger partial charge in [0.25, 0.3) is 0 Å². The summed E-state index contributed by atoms with van der Waals surface area (Å²) in [6.07, 6.45) is 9.28. The lowest BCUT2D eigenvalue weighted by Crippen LogP contribution is -2.36. The molecule has 1 aliphatic rings. The number of pyridine rings is 1. The summed E-state index contributed by atoms with van der Waals surface area (Å²) in [6, 6.07) is 6.19. The van der Waals surface area contributed by atoms with Gasteiger partial charge in [0.2, 0.25) is 0 Å². The highest BCUT2D eigenvalue weighted by molar-refractivity contribution is 5.04. The van der Waals surface area contributed by atoms with Crippen molar-refractivity contribution < 1.29 is 0 Å². The topological polar surface area (TPSA) is 44.8 Å². The molecule has 19 heavy (non-hydrogen) atoms. The van der Waals surface area contributed by atoms with E-state index in [9.17, 15) is 0 Å². The van der Waals surface area contributed by atoms with Gasteiger partial charge in [-0.25, -0.2) is 4.98 Å². The normalized spacial score (nSPS) is 20.5. The van der Waals surface area contributed by atoms with Gasteiger partial charge in [0, 0.05) is 30.8 Å². The summed E-state index contributed by atoms with van der Waals surface area (Å²) in [5.74, 6) is 1.79. The predicted molar refractivity (Wildman–Crippen MR) is 74.5 cm³/mol. The van der Waals surface area contributed by atoms with Gasteiger partial charge >= 0.3 is 0 Å². The molecule has 3 rings (SSSR count). The monoisotopic (exact) mass is 256 g/mol. The number of aromatic amines is 1. The smallest absolute Gasteiger partial charge is 0.120 e. The van der Waals surface area contributed by atoms with Crippen LogP contribution in [0.15, 0.2) is 36.8 Å². The minimum Gasteiger partial charge on any atom is -0.348 e. The molecule has 0 aromatic carbocycles. The predicted octanol–water partition coefficient (Wildman–Crippen LogP) is 2.26. The number of H-pyrrole nitrogens is 1. The summed E-state index contributed by atoms with van der Waals surface area (Å²) in [5.41, 5.74) is 1.22. The molecule has 4 heteroatoms. The molecule has 1 aliphatic heterocycles. The molecule has 0 amide bonds. The number of piperidine rings is 1. The number of nitrogens with one attached hydrogen (secondary N) is 1. The molecular formula is C15H20N4. The Balaban J connectivity index is 1.56. The lowest BCUT2D eigenvalue weighted by atomic mass is 9.93. The SMILES string of the molecule is c1ccc(CC2CCCN(Cc3ncc[nH]3)C2)nc1. The molecule has 1 N–H and O–H groups in total. The molecule has 4 nitrogen and oxygen atoms in total. The van der Waals surface area contributed by atoms with Crippen molar-refractivity contribution in [1.29, 1.82) is 0 Å². The third kappa shape index (κ3) is 3.41. The second-order valence-corrected chi connectivity index (χ2v) is 5.30. The molecule has 0 spiro atoms. The zero-order chi connectivity index (χ0) is 12.9. The fourth-order valence-electron chi connectivity index (χ4n) is 2.87. The van der Waals surface area contributed by atoms with Crippen molar-refractivity contribution in [2.75, 3.05) is 13.1 Å². The second kappa shape index (κ2) is 5.97. The highest BCUT2D eigenvalue weighted by Gasteiger charge is 2.21. The Bertz CT molecular complexity index is 480. The van der Waals surface area contributed by atoms with Crippen LogP contribution >= 0.6 is 0 Å². The van der Waals surface area contributed by atoms with Crippen LogP contribution < -0.4 is 0 Å². The van der Waals surface area contributed by atoms with E-state index in [1.54, 1.807) is 0 Å². The maximum Gasteiger partial charge on any atom is 0.120 e. The molecular weight excluding hydrogens is 236 g/mol. The number of hydrogen-bond donors (Lipinski definition) is 1. The van der Waals surface area contributed by atoms with Crippen LogP contribution in [0.1, 0.15) is 24.4 Å². The van der Waals surface area contributed by atoms with Crippen molar-refractivity contribution in [3.63, 3.8) is 0 Å². The van der Waals surface area contributed by atoms with Gasteiger partial charge in [0.1, 0.15) is 5.82 Å². The van der Waals surface area contributed by atoms with Crippen LogP contribution in [0.25, 0.3) is 0 Å². The molecule has 1 unspecified atom stereocenters. The van der Waals surface area contributed by atoms with Crippen LogP contribution in [0.3, 0.4) is 0 Å². The van der Waals surface area contributed by atoms with Crippen LogP contribution in [-0.4, -0.2) is 32.9 Å². The van der Waals surface area contributed by atoms with Gasteiger partial charge in [-0.15, -0.1) is 0 Å². The van der Waals surface area contributed by atoms with Gasteiger partial charge in [-0.2, -0.15) is 0 Å². The van der Waals surface area contributed by atoms with Gasteiger partial charge in [0.15, 0.2) is 0 Å². The van der Waals surface area contributed by atoms with Crippen molar-refractivity contribution in [3.05, 3.63) is 48.3 Å². The first-order valence-electron chi connectivity index (χ1n) is 7.00. The Morgan fingerprint density at radius 2 is 2.26 bits per heavy atom. The number of rotatable bonds is 4. The highest BCUT2D eigenvalue weighted by Crippen LogP contribution is 2.20. The van der Waals surface area contributed by atoms with Crippen LogP contribution in [0.4, 0.5) is 0 Å². The first-order valence-corrected chi connectivity index (χ1v) is 7.00. The van der Waals surface area contributed by atoms with E-state index in [1.165, 1.54) is 25.1 Å². The summed E-state index contributed by atoms with van der Waals surface area (Å²) >= 11 is 0. The van der Waals surface area contributed by atoms with Gasteiger partial charge in [-0.1, -0.05) is 6.07 Å². The third-order valence-electron chi connectivity index (χ3n) is 3.76. The highest BCUT2D eigenvalue weighted by atomic mass is 15.2. The fraction of sp³-hybridized carbons (Fsp3) is 0.467. The number of aromatic nitrogens is 3. The van der Waals surface area contributed by atoms with Crippen LogP contribution in [0.5, 0.6) is 0 Å². The van der Waals surface area contributed by atoms with E-state index in [1.807, 2.05) is 24.7 Å². The molecule has 1 atom stereocenters. The van der Waals surface area contributed by atoms with Crippen LogP contribution in [0.2, 0.25) is 0 Å². The molecule has 0 radical (unpaired) electrons. The molecule has 1 fully saturated rings. The molecule has 100 valence electrons. The van der Waals surface area contributed by atoms with E-state index in [4.69, 9.17) is 0 Å². The maximum atomic E-state index is 4.44. The third-order valence-corrected chi connectivity index (χ3v) is 3.76. The first-order chi connectivity index (χ1) is 9.40. The minimum absolute atomic E-state index is 0.721. The summed E-state index contributed by atoms with van der Waals surface area (Å²) in [6.45, 7) is 3.27. The fourth-order valence-corrected chi connectivity index (χ4v) is 2.87. The van der Waals surface area contributed by atoms with Crippen molar-refractivity contribution >= 4 is 0 Å². The number of hydrogen-bond acceptors (Lipinski definition) is 3. The molecule has 0 saturated carbocycles. The summed E-state index contributed by atoms with van der Waals surface area (Å²) in [4.78, 5) is 14.4. The van der Waals surface area contributed by atoms with Crippen molar-refractivity contribution in [2.24, 2.45) is 5.92 Å². The zero-order valence-electron chi connectivity index (χ0n) is 11.1. The Morgan fingerprint density at radius 3 is 3.05 bits per heavy atom. The molecule has 0 bridgehead atoms. The van der Waals surface area contributed by atoms with Gasteiger partial charge < -0.3 is 4.98 Å². The van der Waals surface area contributed by atoms with E-state index >= 15 is 0 Å². The van der Waals surface area contributed by atoms with E-state index in [0.717, 1.165) is 31.3 Å². The average molecular weight is 256 g/mol.